The van der Waals surface area contributed by atoms with E-state index in [1.165, 1.54) is 12.7 Å². The maximum atomic E-state index is 12.9. The summed E-state index contributed by atoms with van der Waals surface area (Å²) in [4.78, 5) is 31.0. The summed E-state index contributed by atoms with van der Waals surface area (Å²) >= 11 is 0. The van der Waals surface area contributed by atoms with Gasteiger partial charge in [-0.15, -0.1) is 0 Å². The van der Waals surface area contributed by atoms with E-state index in [2.05, 4.69) is 15.6 Å². The van der Waals surface area contributed by atoms with E-state index in [0.717, 1.165) is 5.69 Å². The molecule has 1 aliphatic heterocycles. The maximum absolute atomic E-state index is 12.9. The quantitative estimate of drug-likeness (QED) is 0.858. The number of piperidine rings is 1. The van der Waals surface area contributed by atoms with Crippen molar-refractivity contribution >= 4 is 17.5 Å². The second-order valence-electron chi connectivity index (χ2n) is 6.87. The van der Waals surface area contributed by atoms with Crippen LogP contribution in [0.2, 0.25) is 0 Å². The summed E-state index contributed by atoms with van der Waals surface area (Å²) in [7, 11) is 0. The molecular formula is C19H24N4O3. The van der Waals surface area contributed by atoms with E-state index in [1.807, 2.05) is 44.2 Å². The largest absolute Gasteiger partial charge is 0.451 e. The smallest absolute Gasteiger partial charge is 0.275 e. The predicted molar refractivity (Wildman–Crippen MR) is 97.7 cm³/mol. The Bertz CT molecular complexity index is 735. The zero-order valence-corrected chi connectivity index (χ0v) is 15.1. The molecule has 138 valence electrons. The fraction of sp³-hybridized carbons (Fsp3) is 0.421. The number of benzene rings is 1. The number of oxazole rings is 1. The molecule has 1 aliphatic rings. The van der Waals surface area contributed by atoms with E-state index < -0.39 is 5.54 Å². The van der Waals surface area contributed by atoms with Gasteiger partial charge < -0.3 is 20.0 Å². The Morgan fingerprint density at radius 3 is 2.46 bits per heavy atom. The van der Waals surface area contributed by atoms with Crippen LogP contribution >= 0.6 is 0 Å². The highest BCUT2D eigenvalue weighted by molar-refractivity contribution is 5.93. The third-order valence-corrected chi connectivity index (χ3v) is 4.57. The molecule has 2 N–H and O–H groups in total. The van der Waals surface area contributed by atoms with Crippen LogP contribution in [0.4, 0.5) is 5.69 Å². The molecule has 1 aromatic carbocycles. The van der Waals surface area contributed by atoms with Gasteiger partial charge in [0.05, 0.1) is 0 Å². The van der Waals surface area contributed by atoms with Crippen LogP contribution < -0.4 is 10.6 Å². The fourth-order valence-corrected chi connectivity index (χ4v) is 3.18. The van der Waals surface area contributed by atoms with E-state index in [4.69, 9.17) is 4.42 Å². The minimum absolute atomic E-state index is 0.0371. The van der Waals surface area contributed by atoms with Gasteiger partial charge in [-0.2, -0.15) is 0 Å². The van der Waals surface area contributed by atoms with Gasteiger partial charge in [0.15, 0.2) is 12.1 Å². The van der Waals surface area contributed by atoms with Crippen LogP contribution in [0.5, 0.6) is 0 Å². The summed E-state index contributed by atoms with van der Waals surface area (Å²) in [5, 5.41) is 6.42. The Kier molecular flexibility index (Phi) is 5.25. The lowest BCUT2D eigenvalue weighted by molar-refractivity contribution is -0.127. The first-order valence-corrected chi connectivity index (χ1v) is 8.82. The van der Waals surface area contributed by atoms with Crippen LogP contribution in [0.15, 0.2) is 47.4 Å². The average Bonchev–Trinajstić information content (AvgIpc) is 3.17. The molecule has 0 saturated carbocycles. The zero-order valence-electron chi connectivity index (χ0n) is 15.1. The molecule has 1 fully saturated rings. The van der Waals surface area contributed by atoms with Crippen molar-refractivity contribution < 1.29 is 14.0 Å². The number of anilines is 1. The van der Waals surface area contributed by atoms with Gasteiger partial charge >= 0.3 is 0 Å². The Morgan fingerprint density at radius 1 is 1.19 bits per heavy atom. The number of carbonyl (C=O) groups is 2. The summed E-state index contributed by atoms with van der Waals surface area (Å²) in [6, 6.07) is 9.73. The molecule has 26 heavy (non-hydrogen) atoms. The lowest BCUT2D eigenvalue weighted by Crippen LogP contribution is -2.60. The first-order chi connectivity index (χ1) is 12.5. The molecule has 2 aromatic rings. The summed E-state index contributed by atoms with van der Waals surface area (Å²) in [5.41, 5.74) is 0.439. The minimum atomic E-state index is -0.744. The van der Waals surface area contributed by atoms with Crippen LogP contribution in [-0.2, 0) is 4.79 Å². The monoisotopic (exact) mass is 356 g/mol. The Morgan fingerprint density at radius 2 is 1.88 bits per heavy atom. The van der Waals surface area contributed by atoms with Crippen LogP contribution in [0.25, 0.3) is 0 Å². The number of nitrogens with one attached hydrogen (secondary N) is 2. The molecule has 7 nitrogen and oxygen atoms in total. The lowest BCUT2D eigenvalue weighted by atomic mass is 9.85. The van der Waals surface area contributed by atoms with E-state index in [1.54, 1.807) is 4.90 Å². The van der Waals surface area contributed by atoms with Crippen molar-refractivity contribution in [3.8, 4) is 0 Å². The van der Waals surface area contributed by atoms with Crippen molar-refractivity contribution in [3.63, 3.8) is 0 Å². The van der Waals surface area contributed by atoms with Crippen molar-refractivity contribution in [3.05, 3.63) is 48.7 Å². The number of aromatic nitrogens is 1. The summed E-state index contributed by atoms with van der Waals surface area (Å²) in [5.74, 6) is -0.207. The van der Waals surface area contributed by atoms with Crippen LogP contribution in [-0.4, -0.2) is 46.4 Å². The molecule has 0 atom stereocenters. The second-order valence-corrected chi connectivity index (χ2v) is 6.87. The van der Waals surface area contributed by atoms with Gasteiger partial charge in [-0.25, -0.2) is 4.98 Å². The normalized spacial score (nSPS) is 16.3. The highest BCUT2D eigenvalue weighted by atomic mass is 16.3. The number of hydrogen-bond donors (Lipinski definition) is 2. The molecule has 0 bridgehead atoms. The first-order valence-electron chi connectivity index (χ1n) is 8.82. The second kappa shape index (κ2) is 7.59. The molecule has 0 spiro atoms. The third kappa shape index (κ3) is 3.87. The third-order valence-electron chi connectivity index (χ3n) is 4.57. The molecular weight excluding hydrogens is 332 g/mol. The Labute approximate surface area is 152 Å². The van der Waals surface area contributed by atoms with Crippen molar-refractivity contribution in [1.29, 1.82) is 0 Å². The van der Waals surface area contributed by atoms with Gasteiger partial charge in [0.1, 0.15) is 11.8 Å². The maximum Gasteiger partial charge on any atom is 0.275 e. The molecule has 2 amide bonds. The fourth-order valence-electron chi connectivity index (χ4n) is 3.18. The van der Waals surface area contributed by atoms with E-state index in [0.29, 0.717) is 31.6 Å². The number of rotatable bonds is 5. The van der Waals surface area contributed by atoms with Gasteiger partial charge in [0.2, 0.25) is 5.91 Å². The lowest BCUT2D eigenvalue weighted by Gasteiger charge is -2.42. The Hall–Kier alpha value is -2.83. The number of carbonyl (C=O) groups excluding carboxylic acids is 2. The summed E-state index contributed by atoms with van der Waals surface area (Å²) in [6.45, 7) is 4.82. The minimum Gasteiger partial charge on any atom is -0.451 e. The summed E-state index contributed by atoms with van der Waals surface area (Å²) < 4.78 is 4.89. The van der Waals surface area contributed by atoms with Crippen molar-refractivity contribution in [1.82, 2.24) is 15.2 Å². The van der Waals surface area contributed by atoms with E-state index in [9.17, 15) is 9.59 Å². The zero-order chi connectivity index (χ0) is 18.6. The van der Waals surface area contributed by atoms with E-state index >= 15 is 0 Å². The molecule has 7 heteroatoms. The van der Waals surface area contributed by atoms with Crippen LogP contribution in [0, 0.1) is 0 Å². The van der Waals surface area contributed by atoms with Crippen molar-refractivity contribution in [2.24, 2.45) is 0 Å². The topological polar surface area (TPSA) is 87.5 Å². The SMILES string of the molecule is CC(C)NC(=O)C1(Nc2ccccc2)CCN(C(=O)c2cocn2)CC1. The highest BCUT2D eigenvalue weighted by Gasteiger charge is 2.42. The molecule has 1 aromatic heterocycles. The first kappa shape index (κ1) is 18.0. The average molecular weight is 356 g/mol. The summed E-state index contributed by atoms with van der Waals surface area (Å²) in [6.07, 6.45) is 3.63. The molecule has 2 heterocycles. The van der Waals surface area contributed by atoms with Gasteiger partial charge in [0.25, 0.3) is 5.91 Å². The number of hydrogen-bond acceptors (Lipinski definition) is 5. The number of para-hydroxylation sites is 1. The number of likely N-dealkylation sites (tertiary alicyclic amines) is 1. The molecule has 0 aliphatic carbocycles. The van der Waals surface area contributed by atoms with Crippen LogP contribution in [0.3, 0.4) is 0 Å². The van der Waals surface area contributed by atoms with Gasteiger partial charge in [-0.05, 0) is 38.8 Å². The van der Waals surface area contributed by atoms with Gasteiger partial charge in [-0.1, -0.05) is 18.2 Å². The van der Waals surface area contributed by atoms with Crippen molar-refractivity contribution in [2.45, 2.75) is 38.3 Å². The number of amides is 2. The van der Waals surface area contributed by atoms with E-state index in [-0.39, 0.29) is 17.9 Å². The van der Waals surface area contributed by atoms with Gasteiger partial charge in [-0.3, -0.25) is 9.59 Å². The molecule has 3 rings (SSSR count). The molecule has 0 unspecified atom stereocenters. The number of nitrogens with zero attached hydrogens (tertiary/aromatic N) is 2. The van der Waals surface area contributed by atoms with Gasteiger partial charge in [0, 0.05) is 24.8 Å². The standard InChI is InChI=1S/C19H24N4O3/c1-14(2)21-18(25)19(22-15-6-4-3-5-7-15)8-10-23(11-9-19)17(24)16-12-26-13-20-16/h3-7,12-14,22H,8-11H2,1-2H3,(H,21,25). The van der Waals surface area contributed by atoms with Crippen LogP contribution in [0.1, 0.15) is 37.2 Å². The highest BCUT2D eigenvalue weighted by Crippen LogP contribution is 2.28. The molecule has 0 radical (unpaired) electrons. The predicted octanol–water partition coefficient (Wildman–Crippen LogP) is 2.29. The van der Waals surface area contributed by atoms with Crippen molar-refractivity contribution in [2.75, 3.05) is 18.4 Å². The molecule has 1 saturated heterocycles. The Balaban J connectivity index is 1.75.